The zero-order chi connectivity index (χ0) is 21.9. The number of urea groups is 1. The average Bonchev–Trinajstić information content (AvgIpc) is 3.61. The molecule has 2 heterocycles. The SMILES string of the molecule is CC(C)(O)c1cc(F)c(/S(N)=N\C(=O)Nc2c3c(nc(C4CC4)c2C2CC2)CCC3)s1. The highest BCUT2D eigenvalue weighted by Gasteiger charge is 2.38. The molecule has 9 heteroatoms. The summed E-state index contributed by atoms with van der Waals surface area (Å²) in [5, 5.41) is 19.3. The molecule has 1 atom stereocenters. The lowest BCUT2D eigenvalue weighted by molar-refractivity contribution is 0.0823. The predicted molar refractivity (Wildman–Crippen MR) is 121 cm³/mol. The topological polar surface area (TPSA) is 101 Å². The Hall–Kier alpha value is -1.68. The van der Waals surface area contributed by atoms with E-state index in [2.05, 4.69) is 9.68 Å². The van der Waals surface area contributed by atoms with Gasteiger partial charge < -0.3 is 10.4 Å². The monoisotopic (exact) mass is 462 g/mol. The van der Waals surface area contributed by atoms with Crippen molar-refractivity contribution >= 4 is 33.9 Å². The van der Waals surface area contributed by atoms with Gasteiger partial charge in [0.25, 0.3) is 0 Å². The number of carbonyl (C=O) groups is 1. The van der Waals surface area contributed by atoms with Crippen molar-refractivity contribution < 1.29 is 14.3 Å². The standard InChI is InChI=1S/C22H27FN4O2S2/c1-22(2,29)16-10-14(23)20(30-16)31(24)27-21(28)26-19-13-4-3-5-15(13)25-18(12-8-9-12)17(19)11-6-7-11/h10-12,29H,3-9H2,1-2H3,(H3,24,25,26,27,28). The fraction of sp³-hybridized carbons (Fsp3) is 0.545. The van der Waals surface area contributed by atoms with E-state index < -0.39 is 28.3 Å². The number of hydrogen-bond donors (Lipinski definition) is 3. The molecule has 0 aromatic carbocycles. The number of pyridine rings is 1. The van der Waals surface area contributed by atoms with Crippen molar-refractivity contribution in [2.45, 2.75) is 80.4 Å². The first kappa shape index (κ1) is 21.2. The quantitative estimate of drug-likeness (QED) is 0.581. The van der Waals surface area contributed by atoms with Gasteiger partial charge in [-0.05, 0) is 76.3 Å². The average molecular weight is 463 g/mol. The summed E-state index contributed by atoms with van der Waals surface area (Å²) in [6, 6.07) is 0.718. The van der Waals surface area contributed by atoms with Crippen LogP contribution in [0.4, 0.5) is 14.9 Å². The minimum atomic E-state index is -1.43. The number of halogens is 1. The highest BCUT2D eigenvalue weighted by Crippen LogP contribution is 2.53. The number of rotatable bonds is 5. The van der Waals surface area contributed by atoms with Crippen LogP contribution < -0.4 is 10.5 Å². The Morgan fingerprint density at radius 1 is 1.32 bits per heavy atom. The highest BCUT2D eigenvalue weighted by molar-refractivity contribution is 7.87. The molecule has 2 aromatic rings. The van der Waals surface area contributed by atoms with Crippen molar-refractivity contribution in [3.8, 4) is 0 Å². The number of nitrogens with two attached hydrogens (primary N) is 1. The van der Waals surface area contributed by atoms with E-state index in [1.54, 1.807) is 13.8 Å². The maximum absolute atomic E-state index is 14.4. The highest BCUT2D eigenvalue weighted by atomic mass is 32.2. The molecule has 6 nitrogen and oxygen atoms in total. The van der Waals surface area contributed by atoms with E-state index in [1.807, 2.05) is 0 Å². The number of amides is 2. The van der Waals surface area contributed by atoms with Gasteiger partial charge in [0.1, 0.15) is 10.0 Å². The lowest BCUT2D eigenvalue weighted by Crippen LogP contribution is -2.16. The zero-order valence-electron chi connectivity index (χ0n) is 17.7. The largest absolute Gasteiger partial charge is 0.385 e. The van der Waals surface area contributed by atoms with E-state index in [1.165, 1.54) is 17.3 Å². The van der Waals surface area contributed by atoms with Crippen molar-refractivity contribution in [3.05, 3.63) is 39.3 Å². The molecule has 3 aliphatic carbocycles. The van der Waals surface area contributed by atoms with Gasteiger partial charge in [-0.3, -0.25) is 10.1 Å². The fourth-order valence-corrected chi connectivity index (χ4v) is 6.33. The molecule has 4 N–H and O–H groups in total. The summed E-state index contributed by atoms with van der Waals surface area (Å²) in [6.07, 6.45) is 7.48. The second-order valence-electron chi connectivity index (χ2n) is 9.25. The van der Waals surface area contributed by atoms with Crippen LogP contribution in [-0.4, -0.2) is 16.1 Å². The molecule has 0 bridgehead atoms. The minimum absolute atomic E-state index is 0.174. The maximum Gasteiger partial charge on any atom is 0.352 e. The third-order valence-corrected chi connectivity index (χ3v) is 9.02. The Kier molecular flexibility index (Phi) is 5.28. The Bertz CT molecular complexity index is 1100. The molecule has 0 saturated heterocycles. The van der Waals surface area contributed by atoms with Gasteiger partial charge in [-0.15, -0.1) is 11.3 Å². The van der Waals surface area contributed by atoms with E-state index >= 15 is 0 Å². The van der Waals surface area contributed by atoms with Crippen LogP contribution >= 0.6 is 11.3 Å². The number of anilines is 1. The Labute approximate surface area is 187 Å². The number of fused-ring (bicyclic) bond motifs is 1. The van der Waals surface area contributed by atoms with Gasteiger partial charge in [-0.2, -0.15) is 4.36 Å². The van der Waals surface area contributed by atoms with E-state index in [-0.39, 0.29) is 4.21 Å². The van der Waals surface area contributed by atoms with Crippen LogP contribution in [-0.2, 0) is 29.3 Å². The Morgan fingerprint density at radius 2 is 2.03 bits per heavy atom. The van der Waals surface area contributed by atoms with Crippen molar-refractivity contribution in [2.24, 2.45) is 9.50 Å². The molecule has 31 heavy (non-hydrogen) atoms. The second kappa shape index (κ2) is 7.72. The smallest absolute Gasteiger partial charge is 0.352 e. The zero-order valence-corrected chi connectivity index (χ0v) is 19.3. The summed E-state index contributed by atoms with van der Waals surface area (Å²) in [5.41, 5.74) is 4.33. The van der Waals surface area contributed by atoms with Crippen LogP contribution in [0.3, 0.4) is 0 Å². The first-order valence-corrected chi connectivity index (χ1v) is 12.9. The summed E-state index contributed by atoms with van der Waals surface area (Å²) in [5.74, 6) is 0.437. The molecule has 166 valence electrons. The number of hydrogen-bond acceptors (Lipinski definition) is 4. The Balaban J connectivity index is 1.47. The number of aromatic nitrogens is 1. The minimum Gasteiger partial charge on any atom is -0.385 e. The van der Waals surface area contributed by atoms with Crippen molar-refractivity contribution in [3.63, 3.8) is 0 Å². The van der Waals surface area contributed by atoms with Gasteiger partial charge in [-0.25, -0.2) is 9.18 Å². The number of aryl methyl sites for hydroxylation is 1. The molecule has 5 rings (SSSR count). The number of carbonyl (C=O) groups excluding carboxylic acids is 1. The third kappa shape index (κ3) is 4.20. The van der Waals surface area contributed by atoms with Crippen molar-refractivity contribution in [2.75, 3.05) is 5.32 Å². The van der Waals surface area contributed by atoms with Crippen LogP contribution in [0.5, 0.6) is 0 Å². The molecular weight excluding hydrogens is 435 g/mol. The van der Waals surface area contributed by atoms with E-state index in [4.69, 9.17) is 10.1 Å². The first-order chi connectivity index (χ1) is 14.7. The molecule has 2 fully saturated rings. The molecular formula is C22H27FN4O2S2. The molecule has 2 amide bonds. The van der Waals surface area contributed by atoms with Crippen molar-refractivity contribution in [1.29, 1.82) is 0 Å². The molecule has 0 radical (unpaired) electrons. The third-order valence-electron chi connectivity index (χ3n) is 6.10. The number of nitrogens with one attached hydrogen (secondary N) is 1. The molecule has 2 aromatic heterocycles. The summed E-state index contributed by atoms with van der Waals surface area (Å²) < 4.78 is 18.6. The molecule has 3 aliphatic rings. The molecule has 0 aliphatic heterocycles. The number of nitrogens with zero attached hydrogens (tertiary/aromatic N) is 2. The van der Waals surface area contributed by atoms with Gasteiger partial charge in [0.2, 0.25) is 0 Å². The summed E-state index contributed by atoms with van der Waals surface area (Å²) in [6.45, 7) is 3.17. The van der Waals surface area contributed by atoms with E-state index in [0.29, 0.717) is 16.7 Å². The van der Waals surface area contributed by atoms with Gasteiger partial charge in [0, 0.05) is 38.6 Å². The van der Waals surface area contributed by atoms with Crippen LogP contribution in [0, 0.1) is 5.82 Å². The van der Waals surface area contributed by atoms with Crippen molar-refractivity contribution in [1.82, 2.24) is 4.98 Å². The van der Waals surface area contributed by atoms with Gasteiger partial charge >= 0.3 is 6.03 Å². The van der Waals surface area contributed by atoms with Gasteiger partial charge in [0.15, 0.2) is 0 Å². The first-order valence-electron chi connectivity index (χ1n) is 10.8. The van der Waals surface area contributed by atoms with E-state index in [0.717, 1.165) is 73.2 Å². The van der Waals surface area contributed by atoms with Crippen LogP contribution in [0.2, 0.25) is 0 Å². The molecule has 1 unspecified atom stereocenters. The number of aliphatic hydroxyl groups is 1. The van der Waals surface area contributed by atoms with Crippen LogP contribution in [0.15, 0.2) is 14.6 Å². The second-order valence-corrected chi connectivity index (χ2v) is 11.8. The van der Waals surface area contributed by atoms with Crippen LogP contribution in [0.25, 0.3) is 0 Å². The van der Waals surface area contributed by atoms with Gasteiger partial charge in [0.05, 0.1) is 11.3 Å². The number of thiophene rings is 1. The lowest BCUT2D eigenvalue weighted by atomic mass is 9.98. The van der Waals surface area contributed by atoms with E-state index in [9.17, 15) is 14.3 Å². The molecule has 0 spiro atoms. The lowest BCUT2D eigenvalue weighted by Gasteiger charge is -2.18. The van der Waals surface area contributed by atoms with Crippen LogP contribution in [0.1, 0.15) is 85.2 Å². The maximum atomic E-state index is 14.4. The van der Waals surface area contributed by atoms with Gasteiger partial charge in [-0.1, -0.05) is 0 Å². The predicted octanol–water partition coefficient (Wildman–Crippen LogP) is 5.02. The Morgan fingerprint density at radius 3 is 2.65 bits per heavy atom. The normalized spacial score (nSPS) is 19.5. The molecule has 2 saturated carbocycles. The summed E-state index contributed by atoms with van der Waals surface area (Å²) in [7, 11) is -1.43. The fourth-order valence-electron chi connectivity index (χ4n) is 4.27. The summed E-state index contributed by atoms with van der Waals surface area (Å²) in [4.78, 5) is 18.3. The summed E-state index contributed by atoms with van der Waals surface area (Å²) >= 11 is 1.05.